The van der Waals surface area contributed by atoms with Gasteiger partial charge in [-0.3, -0.25) is 0 Å². The number of carboxylic acid groups (broad SMARTS) is 4. The Morgan fingerprint density at radius 1 is 0.471 bits per heavy atom. The largest absolute Gasteiger partial charge is 0.550 e. The van der Waals surface area contributed by atoms with Crippen molar-refractivity contribution in [1.82, 2.24) is 39.9 Å². The standard InChI is InChI=1S/4C8H12N4O4.C6H12O2.C4H8O2.C3H6O2.C2H4O2/c4*9-7-10-3-12(8(15)11-7)6-1-4(14)5(2-13)16-6;1-2-3-4-5-6(7)8;1-2-3-4(5)6;1-2-3(4)5;1-2(3)4/h4*3-6,13-14H,1-2H2,(H2,9,11,15);2-5H2,1H3,(H,7,8);2-3H2,1H3,(H,5,6);2H2,1H3,(H,4,5);1H3,(H,3,4)/t4*4-,5-,6-;;;;/m1111..../s1. The molecule has 40 nitrogen and oxygen atoms in total. The molecule has 4 fully saturated rings. The molecular formula is C47H78N16O24. The van der Waals surface area contributed by atoms with Crippen molar-refractivity contribution in [3.05, 3.63) is 67.2 Å². The van der Waals surface area contributed by atoms with Crippen LogP contribution in [0.5, 0.6) is 0 Å². The number of anilines is 4. The lowest BCUT2D eigenvalue weighted by atomic mass is 10.2. The first-order valence-corrected chi connectivity index (χ1v) is 26.6. The summed E-state index contributed by atoms with van der Waals surface area (Å²) in [4.78, 5) is 108. The van der Waals surface area contributed by atoms with Gasteiger partial charge in [0, 0.05) is 49.6 Å². The molecule has 490 valence electrons. The van der Waals surface area contributed by atoms with E-state index in [2.05, 4.69) is 39.9 Å². The molecule has 87 heavy (non-hydrogen) atoms. The highest BCUT2D eigenvalue weighted by atomic mass is 16.6. The van der Waals surface area contributed by atoms with Crippen molar-refractivity contribution in [2.24, 2.45) is 0 Å². The lowest BCUT2D eigenvalue weighted by Crippen LogP contribution is -2.55. The molecule has 0 saturated carbocycles. The van der Waals surface area contributed by atoms with Gasteiger partial charge in [-0.25, -0.2) is 19.2 Å². The number of aliphatic hydroxyl groups excluding tert-OH is 8. The van der Waals surface area contributed by atoms with Crippen LogP contribution in [0.2, 0.25) is 0 Å². The van der Waals surface area contributed by atoms with Crippen molar-refractivity contribution < 1.29 is 118 Å². The second-order valence-corrected chi connectivity index (χ2v) is 18.5. The molecule has 4 aromatic rings. The van der Waals surface area contributed by atoms with Gasteiger partial charge >= 0.3 is 46.6 Å². The van der Waals surface area contributed by atoms with E-state index < -0.39 is 120 Å². The Balaban J connectivity index is 0.000000519. The normalized spacial score (nSPS) is 23.8. The number of H-pyrrole nitrogens is 4. The summed E-state index contributed by atoms with van der Waals surface area (Å²) in [6.45, 7) is 5.18. The Labute approximate surface area is 493 Å². The molecular weight excluding hydrogens is 1170 g/mol. The number of aromatic amines is 4. The molecule has 8 rings (SSSR count). The first-order valence-electron chi connectivity index (χ1n) is 26.6. The highest BCUT2D eigenvalue weighted by molar-refractivity contribution is 5.64. The Morgan fingerprint density at radius 3 is 0.839 bits per heavy atom. The Bertz CT molecular complexity index is 2630. The summed E-state index contributed by atoms with van der Waals surface area (Å²) in [5, 5.41) is 111. The molecule has 0 unspecified atom stereocenters. The molecule has 0 bridgehead atoms. The van der Waals surface area contributed by atoms with E-state index in [1.54, 1.807) is 6.92 Å². The van der Waals surface area contributed by atoms with Crippen LogP contribution in [0.1, 0.15) is 123 Å². The number of hydrogen-bond donors (Lipinski definition) is 16. The number of aromatic nitrogens is 12. The van der Waals surface area contributed by atoms with E-state index in [0.29, 0.717) is 6.42 Å². The number of hydrogen-bond acceptors (Lipinski definition) is 32. The number of ether oxygens (including phenoxy) is 4. The van der Waals surface area contributed by atoms with Crippen LogP contribution >= 0.6 is 0 Å². The predicted octanol–water partition coefficient (Wildman–Crippen LogP) is -13.1. The molecule has 40 heteroatoms. The maximum absolute atomic E-state index is 11.5. The van der Waals surface area contributed by atoms with Crippen LogP contribution < -0.4 is 84.4 Å². The van der Waals surface area contributed by atoms with E-state index in [-0.39, 0.29) is 95.2 Å². The van der Waals surface area contributed by atoms with Crippen LogP contribution in [0, 0.1) is 0 Å². The van der Waals surface area contributed by atoms with E-state index >= 15 is 0 Å². The smallest absolute Gasteiger partial charge is 0.446 e. The monoisotopic (exact) mass is 1250 g/mol. The van der Waals surface area contributed by atoms with E-state index in [4.69, 9.17) is 72.2 Å². The van der Waals surface area contributed by atoms with E-state index in [1.165, 1.54) is 50.5 Å². The van der Waals surface area contributed by atoms with Crippen LogP contribution in [-0.2, 0) is 38.1 Å². The molecule has 0 spiro atoms. The van der Waals surface area contributed by atoms with Gasteiger partial charge in [-0.2, -0.15) is 38.2 Å². The third kappa shape index (κ3) is 28.3. The number of unbranched alkanes of at least 4 members (excludes halogenated alkanes) is 2. The highest BCUT2D eigenvalue weighted by Crippen LogP contribution is 2.26. The SMILES string of the molecule is CC(=O)[O-].CCC(=O)[O-].CCCC(=O)[O-].CCCCCC(=O)[O-].Nc1nc[n+]([C@H]2C[C@@H](O)[C@@H](CO)O2)c(=O)[nH]1.Nc1nc[n+]([C@H]2C[C@@H](O)[C@@H](CO)O2)c(=O)[nH]1.Nc1nc[n+]([C@H]2C[C@@H](O)[C@@H](CO)O2)c(=O)[nH]1.Nc1nc[n+]([C@H]2C[C@@H](O)[C@@H](CO)O2)c(=O)[nH]1. The van der Waals surface area contributed by atoms with Gasteiger partial charge in [0.05, 0.1) is 50.8 Å². The quantitative estimate of drug-likeness (QED) is 0.0388. The van der Waals surface area contributed by atoms with Gasteiger partial charge in [0.2, 0.25) is 25.3 Å². The Morgan fingerprint density at radius 2 is 0.701 bits per heavy atom. The molecule has 8 heterocycles. The topological polar surface area (TPSA) is 662 Å². The van der Waals surface area contributed by atoms with Crippen molar-refractivity contribution in [2.75, 3.05) is 49.4 Å². The summed E-state index contributed by atoms with van der Waals surface area (Å²) in [6, 6.07) is 0. The first-order chi connectivity index (χ1) is 41.0. The number of nitrogen functional groups attached to an aromatic ring is 4. The van der Waals surface area contributed by atoms with Crippen LogP contribution in [0.25, 0.3) is 0 Å². The zero-order valence-electron chi connectivity index (χ0n) is 47.8. The molecule has 4 aromatic heterocycles. The number of carbonyl (C=O) groups excluding carboxylic acids is 4. The minimum absolute atomic E-state index is 0.0125. The summed E-state index contributed by atoms with van der Waals surface area (Å²) >= 11 is 0. The maximum Gasteiger partial charge on any atom is 0.446 e. The zero-order chi connectivity index (χ0) is 66.1. The molecule has 12 atom stereocenters. The van der Waals surface area contributed by atoms with Crippen LogP contribution in [-0.4, -0.2) is 180 Å². The van der Waals surface area contributed by atoms with Gasteiger partial charge in [0.25, 0.3) is 0 Å². The molecule has 4 aliphatic heterocycles. The zero-order valence-corrected chi connectivity index (χ0v) is 47.8. The van der Waals surface area contributed by atoms with Gasteiger partial charge in [0.15, 0.2) is 24.9 Å². The highest BCUT2D eigenvalue weighted by Gasteiger charge is 2.40. The summed E-state index contributed by atoms with van der Waals surface area (Å²) in [7, 11) is 0. The van der Waals surface area contributed by atoms with Crippen molar-refractivity contribution in [3.63, 3.8) is 0 Å². The molecule has 20 N–H and O–H groups in total. The second kappa shape index (κ2) is 40.3. The molecule has 0 aliphatic carbocycles. The van der Waals surface area contributed by atoms with Gasteiger partial charge in [0.1, 0.15) is 24.4 Å². The van der Waals surface area contributed by atoms with Crippen molar-refractivity contribution in [2.45, 2.75) is 172 Å². The summed E-state index contributed by atoms with van der Waals surface area (Å²) in [5.41, 5.74) is 19.3. The minimum atomic E-state index is -1.08. The molecule has 0 aromatic carbocycles. The van der Waals surface area contributed by atoms with Gasteiger partial charge in [-0.05, 0) is 32.6 Å². The fraction of sp³-hybridized carbons (Fsp3) is 0.660. The number of rotatable bonds is 15. The number of carboxylic acids is 4. The van der Waals surface area contributed by atoms with Gasteiger partial charge < -0.3 is 122 Å². The number of aliphatic carboxylic acids is 4. The van der Waals surface area contributed by atoms with Crippen molar-refractivity contribution in [3.8, 4) is 0 Å². The summed E-state index contributed by atoms with van der Waals surface area (Å²) < 4.78 is 25.9. The van der Waals surface area contributed by atoms with Crippen LogP contribution in [0.15, 0.2) is 44.5 Å². The predicted molar refractivity (Wildman–Crippen MR) is 279 cm³/mol. The number of nitrogens with two attached hydrogens (primary N) is 4. The average molecular weight is 1250 g/mol. The molecule has 4 aliphatic rings. The minimum Gasteiger partial charge on any atom is -0.550 e. The average Bonchev–Trinajstić information content (AvgIpc) is 4.23. The summed E-state index contributed by atoms with van der Waals surface area (Å²) in [6.07, 6.45) is 1.47. The lowest BCUT2D eigenvalue weighted by molar-refractivity contribution is -0.776. The van der Waals surface area contributed by atoms with E-state index in [0.717, 1.165) is 26.2 Å². The fourth-order valence-corrected chi connectivity index (χ4v) is 7.28. The Hall–Kier alpha value is -8.16. The molecule has 4 saturated heterocycles. The molecule has 0 radical (unpaired) electrons. The third-order valence-electron chi connectivity index (χ3n) is 11.7. The Kier molecular flexibility index (Phi) is 35.6. The number of aliphatic hydroxyl groups is 8. The first kappa shape index (κ1) is 76.9. The molecule has 0 amide bonds. The lowest BCUT2D eigenvalue weighted by Gasteiger charge is -2.09. The second-order valence-electron chi connectivity index (χ2n) is 18.5. The number of nitrogens with zero attached hydrogens (tertiary/aromatic N) is 8. The van der Waals surface area contributed by atoms with Crippen LogP contribution in [0.3, 0.4) is 0 Å². The van der Waals surface area contributed by atoms with Crippen molar-refractivity contribution >= 4 is 47.7 Å². The number of carbonyl (C=O) groups is 4. The van der Waals surface area contributed by atoms with Gasteiger partial charge in [-0.1, -0.05) is 60.0 Å². The van der Waals surface area contributed by atoms with Crippen molar-refractivity contribution in [1.29, 1.82) is 0 Å². The van der Waals surface area contributed by atoms with E-state index in [1.807, 2.05) is 6.92 Å². The number of nitrogens with one attached hydrogen (secondary N) is 4. The maximum atomic E-state index is 11.5. The van der Waals surface area contributed by atoms with E-state index in [9.17, 15) is 69.3 Å². The summed E-state index contributed by atoms with van der Waals surface area (Å²) in [5.74, 6) is -3.92. The third-order valence-corrected chi connectivity index (χ3v) is 11.7. The fourth-order valence-electron chi connectivity index (χ4n) is 7.28. The van der Waals surface area contributed by atoms with Gasteiger partial charge in [-0.15, -0.1) is 0 Å². The van der Waals surface area contributed by atoms with Crippen LogP contribution in [0.4, 0.5) is 23.8 Å².